The molecule has 0 spiro atoms. The summed E-state index contributed by atoms with van der Waals surface area (Å²) in [6.07, 6.45) is 4.47. The molecule has 2 aromatic carbocycles. The highest BCUT2D eigenvalue weighted by Gasteiger charge is 2.17. The fourth-order valence-corrected chi connectivity index (χ4v) is 4.47. The highest BCUT2D eigenvalue weighted by molar-refractivity contribution is 7.89. The Hall–Kier alpha value is -1.43. The summed E-state index contributed by atoms with van der Waals surface area (Å²) in [7, 11) is -1.26. The number of hydrogen-bond donors (Lipinski definition) is 1. The van der Waals surface area contributed by atoms with Gasteiger partial charge in [0.05, 0.1) is 4.90 Å². The first-order valence-corrected chi connectivity index (χ1v) is 10.2. The third kappa shape index (κ3) is 4.35. The van der Waals surface area contributed by atoms with Crippen LogP contribution in [-0.2, 0) is 10.0 Å². The second kappa shape index (κ2) is 7.64. The molecule has 0 radical (unpaired) electrons. The van der Waals surface area contributed by atoms with Crippen molar-refractivity contribution >= 4 is 20.8 Å². The van der Waals surface area contributed by atoms with E-state index >= 15 is 0 Å². The first-order chi connectivity index (χ1) is 11.5. The monoisotopic (exact) mass is 346 g/mol. The van der Waals surface area contributed by atoms with Crippen LogP contribution >= 0.6 is 0 Å². The highest BCUT2D eigenvalue weighted by atomic mass is 32.2. The SMILES string of the molecule is CN1CCC(CCCNS(=O)(=O)c2ccc3ccccc3c2)CC1. The fraction of sp³-hybridized carbons (Fsp3) is 0.474. The standard InChI is InChI=1S/C19H26N2O2S/c1-21-13-10-16(11-14-21)5-4-12-20-24(22,23)19-9-8-17-6-2-3-7-18(17)15-19/h2-3,6-9,15-16,20H,4-5,10-14H2,1H3. The molecule has 1 aliphatic heterocycles. The first-order valence-electron chi connectivity index (χ1n) is 8.71. The number of nitrogens with one attached hydrogen (secondary N) is 1. The van der Waals surface area contributed by atoms with Crippen molar-refractivity contribution in [1.82, 2.24) is 9.62 Å². The summed E-state index contributed by atoms with van der Waals surface area (Å²) in [5.74, 6) is 0.742. The molecule has 24 heavy (non-hydrogen) atoms. The summed E-state index contributed by atoms with van der Waals surface area (Å²) < 4.78 is 27.7. The molecule has 5 heteroatoms. The Morgan fingerprint density at radius 1 is 1.08 bits per heavy atom. The van der Waals surface area contributed by atoms with Crippen molar-refractivity contribution in [3.63, 3.8) is 0 Å². The summed E-state index contributed by atoms with van der Waals surface area (Å²) in [4.78, 5) is 2.71. The van der Waals surface area contributed by atoms with Crippen LogP contribution in [0.15, 0.2) is 47.4 Å². The minimum Gasteiger partial charge on any atom is -0.306 e. The van der Waals surface area contributed by atoms with Crippen LogP contribution in [0.3, 0.4) is 0 Å². The molecule has 2 aromatic rings. The van der Waals surface area contributed by atoms with Gasteiger partial charge in [0, 0.05) is 6.54 Å². The number of rotatable bonds is 6. The van der Waals surface area contributed by atoms with Gasteiger partial charge in [-0.1, -0.05) is 30.3 Å². The number of hydrogen-bond acceptors (Lipinski definition) is 3. The van der Waals surface area contributed by atoms with Gasteiger partial charge in [-0.3, -0.25) is 0 Å². The largest absolute Gasteiger partial charge is 0.306 e. The third-order valence-corrected chi connectivity index (χ3v) is 6.41. The normalized spacial score (nSPS) is 17.4. The van der Waals surface area contributed by atoms with Crippen molar-refractivity contribution < 1.29 is 8.42 Å². The van der Waals surface area contributed by atoms with Gasteiger partial charge in [-0.25, -0.2) is 13.1 Å². The third-order valence-electron chi connectivity index (χ3n) is 4.95. The second-order valence-electron chi connectivity index (χ2n) is 6.80. The molecule has 130 valence electrons. The Labute approximate surface area is 144 Å². The molecule has 3 rings (SSSR count). The van der Waals surface area contributed by atoms with Gasteiger partial charge in [0.25, 0.3) is 0 Å². The molecule has 0 saturated carbocycles. The van der Waals surface area contributed by atoms with E-state index in [9.17, 15) is 8.42 Å². The summed E-state index contributed by atoms with van der Waals surface area (Å²) in [6, 6.07) is 13.1. The smallest absolute Gasteiger partial charge is 0.240 e. The molecular weight excluding hydrogens is 320 g/mol. The van der Waals surface area contributed by atoms with E-state index in [1.165, 1.54) is 12.8 Å². The van der Waals surface area contributed by atoms with Crippen molar-refractivity contribution in [2.45, 2.75) is 30.6 Å². The lowest BCUT2D eigenvalue weighted by Crippen LogP contribution is -2.31. The summed E-state index contributed by atoms with van der Waals surface area (Å²) in [6.45, 7) is 2.84. The lowest BCUT2D eigenvalue weighted by Gasteiger charge is -2.28. The van der Waals surface area contributed by atoms with E-state index in [1.54, 1.807) is 12.1 Å². The molecule has 1 aliphatic rings. The Kier molecular flexibility index (Phi) is 5.54. The van der Waals surface area contributed by atoms with Gasteiger partial charge in [-0.05, 0) is 74.6 Å². The number of nitrogens with zero attached hydrogens (tertiary/aromatic N) is 1. The van der Waals surface area contributed by atoms with Crippen LogP contribution in [0, 0.1) is 5.92 Å². The molecule has 1 N–H and O–H groups in total. The quantitative estimate of drug-likeness (QED) is 0.817. The predicted octanol–water partition coefficient (Wildman–Crippen LogP) is 3.24. The van der Waals surface area contributed by atoms with Gasteiger partial charge < -0.3 is 4.90 Å². The van der Waals surface area contributed by atoms with Gasteiger partial charge in [0.15, 0.2) is 0 Å². The molecule has 0 unspecified atom stereocenters. The molecule has 0 aliphatic carbocycles. The second-order valence-corrected chi connectivity index (χ2v) is 8.56. The molecule has 0 amide bonds. The maximum absolute atomic E-state index is 12.5. The van der Waals surface area contributed by atoms with Crippen molar-refractivity contribution in [2.75, 3.05) is 26.7 Å². The average molecular weight is 346 g/mol. The van der Waals surface area contributed by atoms with E-state index in [0.717, 1.165) is 42.6 Å². The number of piperidine rings is 1. The molecule has 0 atom stereocenters. The van der Waals surface area contributed by atoms with Crippen LogP contribution in [0.1, 0.15) is 25.7 Å². The fourth-order valence-electron chi connectivity index (χ4n) is 3.37. The van der Waals surface area contributed by atoms with Crippen LogP contribution in [-0.4, -0.2) is 40.0 Å². The Morgan fingerprint density at radius 3 is 2.54 bits per heavy atom. The van der Waals surface area contributed by atoms with E-state index in [4.69, 9.17) is 0 Å². The minimum atomic E-state index is -3.42. The zero-order chi connectivity index (χ0) is 17.0. The van der Waals surface area contributed by atoms with Crippen LogP contribution in [0.25, 0.3) is 10.8 Å². The molecule has 0 aromatic heterocycles. The maximum atomic E-state index is 12.5. The highest BCUT2D eigenvalue weighted by Crippen LogP contribution is 2.21. The lowest BCUT2D eigenvalue weighted by molar-refractivity contribution is 0.210. The van der Waals surface area contributed by atoms with Crippen LogP contribution in [0.5, 0.6) is 0 Å². The van der Waals surface area contributed by atoms with Gasteiger partial charge in [-0.2, -0.15) is 0 Å². The van der Waals surface area contributed by atoms with Gasteiger partial charge in [0.1, 0.15) is 0 Å². The predicted molar refractivity (Wildman–Crippen MR) is 98.6 cm³/mol. The van der Waals surface area contributed by atoms with Crippen LogP contribution in [0.4, 0.5) is 0 Å². The van der Waals surface area contributed by atoms with E-state index in [-0.39, 0.29) is 0 Å². The molecule has 1 heterocycles. The van der Waals surface area contributed by atoms with Crippen molar-refractivity contribution in [1.29, 1.82) is 0 Å². The van der Waals surface area contributed by atoms with E-state index < -0.39 is 10.0 Å². The molecule has 1 fully saturated rings. The molecular formula is C19H26N2O2S. The van der Waals surface area contributed by atoms with Crippen molar-refractivity contribution in [3.8, 4) is 0 Å². The van der Waals surface area contributed by atoms with Crippen LogP contribution < -0.4 is 4.72 Å². The molecule has 4 nitrogen and oxygen atoms in total. The van der Waals surface area contributed by atoms with E-state index in [0.29, 0.717) is 11.4 Å². The first kappa shape index (κ1) is 17.4. The Balaban J connectivity index is 1.53. The topological polar surface area (TPSA) is 49.4 Å². The molecule has 1 saturated heterocycles. The minimum absolute atomic E-state index is 0.348. The van der Waals surface area contributed by atoms with E-state index in [2.05, 4.69) is 16.7 Å². The number of likely N-dealkylation sites (tertiary alicyclic amines) is 1. The van der Waals surface area contributed by atoms with Gasteiger partial charge in [0.2, 0.25) is 10.0 Å². The lowest BCUT2D eigenvalue weighted by atomic mass is 9.92. The maximum Gasteiger partial charge on any atom is 0.240 e. The van der Waals surface area contributed by atoms with Crippen LogP contribution in [0.2, 0.25) is 0 Å². The van der Waals surface area contributed by atoms with Gasteiger partial charge >= 0.3 is 0 Å². The zero-order valence-corrected chi connectivity index (χ0v) is 15.1. The summed E-state index contributed by atoms with van der Waals surface area (Å²) >= 11 is 0. The van der Waals surface area contributed by atoms with Crippen molar-refractivity contribution in [2.24, 2.45) is 5.92 Å². The summed E-state index contributed by atoms with van der Waals surface area (Å²) in [5.41, 5.74) is 0. The number of benzene rings is 2. The molecule has 0 bridgehead atoms. The zero-order valence-electron chi connectivity index (χ0n) is 14.2. The summed E-state index contributed by atoms with van der Waals surface area (Å²) in [5, 5.41) is 2.01. The number of fused-ring (bicyclic) bond motifs is 1. The van der Waals surface area contributed by atoms with Crippen molar-refractivity contribution in [3.05, 3.63) is 42.5 Å². The average Bonchev–Trinajstić information content (AvgIpc) is 2.60. The Bertz CT molecular complexity index is 781. The number of sulfonamides is 1. The van der Waals surface area contributed by atoms with E-state index in [1.807, 2.05) is 30.3 Å². The van der Waals surface area contributed by atoms with Gasteiger partial charge in [-0.15, -0.1) is 0 Å². The Morgan fingerprint density at radius 2 is 1.79 bits per heavy atom.